The van der Waals surface area contributed by atoms with Crippen molar-refractivity contribution in [2.75, 3.05) is 13.7 Å². The molecule has 5 heteroatoms. The molecule has 1 saturated carbocycles. The van der Waals surface area contributed by atoms with Gasteiger partial charge in [-0.1, -0.05) is 11.8 Å². The lowest BCUT2D eigenvalue weighted by Crippen LogP contribution is -2.36. The summed E-state index contributed by atoms with van der Waals surface area (Å²) in [5.41, 5.74) is 0.691. The Morgan fingerprint density at radius 3 is 2.45 bits per heavy atom. The molecule has 20 heavy (non-hydrogen) atoms. The molecule has 0 bridgehead atoms. The van der Waals surface area contributed by atoms with Crippen LogP contribution in [0.2, 0.25) is 0 Å². The number of rotatable bonds is 4. The zero-order valence-electron chi connectivity index (χ0n) is 11.7. The maximum absolute atomic E-state index is 12.5. The van der Waals surface area contributed by atoms with E-state index in [1.165, 1.54) is 4.31 Å². The molecule has 4 nitrogen and oxygen atoms in total. The second-order valence-electron chi connectivity index (χ2n) is 5.08. The zero-order valence-corrected chi connectivity index (χ0v) is 12.5. The quantitative estimate of drug-likeness (QED) is 0.855. The number of hydrogen-bond donors (Lipinski definition) is 1. The largest absolute Gasteiger partial charge is 0.384 e. The number of benzene rings is 1. The van der Waals surface area contributed by atoms with E-state index in [0.29, 0.717) is 11.5 Å². The molecule has 1 aromatic carbocycles. The molecule has 1 atom stereocenters. The number of sulfonamides is 1. The normalized spacial score (nSPS) is 16.6. The number of hydrogen-bond acceptors (Lipinski definition) is 3. The van der Waals surface area contributed by atoms with Crippen LogP contribution in [0.3, 0.4) is 0 Å². The van der Waals surface area contributed by atoms with Gasteiger partial charge >= 0.3 is 0 Å². The molecule has 2 rings (SSSR count). The van der Waals surface area contributed by atoms with Crippen molar-refractivity contribution in [3.63, 3.8) is 0 Å². The van der Waals surface area contributed by atoms with Gasteiger partial charge in [0.25, 0.3) is 0 Å². The van der Waals surface area contributed by atoms with Gasteiger partial charge in [0, 0.05) is 18.7 Å². The van der Waals surface area contributed by atoms with Gasteiger partial charge < -0.3 is 5.11 Å². The lowest BCUT2D eigenvalue weighted by Gasteiger charge is -2.24. The molecule has 0 aromatic heterocycles. The van der Waals surface area contributed by atoms with E-state index in [-0.39, 0.29) is 17.5 Å². The molecule has 1 fully saturated rings. The van der Waals surface area contributed by atoms with Crippen molar-refractivity contribution >= 4 is 10.0 Å². The summed E-state index contributed by atoms with van der Waals surface area (Å²) in [4.78, 5) is 0.280. The molecule has 1 aliphatic rings. The van der Waals surface area contributed by atoms with Crippen molar-refractivity contribution < 1.29 is 13.5 Å². The fourth-order valence-electron chi connectivity index (χ4n) is 2.11. The average Bonchev–Trinajstić information content (AvgIpc) is 3.28. The summed E-state index contributed by atoms with van der Waals surface area (Å²) in [6, 6.07) is 6.48. The van der Waals surface area contributed by atoms with Gasteiger partial charge in [0.15, 0.2) is 0 Å². The van der Waals surface area contributed by atoms with Crippen molar-refractivity contribution in [1.29, 1.82) is 0 Å². The summed E-state index contributed by atoms with van der Waals surface area (Å²) >= 11 is 0. The van der Waals surface area contributed by atoms with Gasteiger partial charge in [-0.2, -0.15) is 4.31 Å². The fraction of sp³-hybridized carbons (Fsp3) is 0.467. The minimum absolute atomic E-state index is 0.0360. The van der Waals surface area contributed by atoms with Gasteiger partial charge in [-0.3, -0.25) is 0 Å². The van der Waals surface area contributed by atoms with Gasteiger partial charge in [-0.25, -0.2) is 8.42 Å². The van der Waals surface area contributed by atoms with Crippen LogP contribution >= 0.6 is 0 Å². The molecular formula is C15H19NO3S. The highest BCUT2D eigenvalue weighted by molar-refractivity contribution is 7.89. The van der Waals surface area contributed by atoms with E-state index in [9.17, 15) is 8.42 Å². The zero-order chi connectivity index (χ0) is 14.8. The van der Waals surface area contributed by atoms with Crippen LogP contribution in [0, 0.1) is 17.8 Å². The Hall–Kier alpha value is -1.35. The molecule has 0 aliphatic heterocycles. The van der Waals surface area contributed by atoms with Crippen LogP contribution in [0.4, 0.5) is 0 Å². The van der Waals surface area contributed by atoms with E-state index in [1.54, 1.807) is 31.3 Å². The van der Waals surface area contributed by atoms with Crippen molar-refractivity contribution in [3.8, 4) is 11.8 Å². The summed E-state index contributed by atoms with van der Waals surface area (Å²) in [6.45, 7) is 1.75. The minimum atomic E-state index is -3.44. The lowest BCUT2D eigenvalue weighted by molar-refractivity contribution is 0.350. The van der Waals surface area contributed by atoms with E-state index in [4.69, 9.17) is 5.11 Å². The van der Waals surface area contributed by atoms with Crippen molar-refractivity contribution in [3.05, 3.63) is 29.8 Å². The Balaban J connectivity index is 2.20. The lowest BCUT2D eigenvalue weighted by atomic mass is 10.2. The second kappa shape index (κ2) is 5.96. The molecular weight excluding hydrogens is 274 g/mol. The van der Waals surface area contributed by atoms with Crippen LogP contribution in [0.1, 0.15) is 25.3 Å². The molecule has 0 heterocycles. The first-order valence-corrected chi connectivity index (χ1v) is 8.08. The van der Waals surface area contributed by atoms with Crippen LogP contribution in [0.5, 0.6) is 0 Å². The Bertz CT molecular complexity index is 621. The standard InChI is InChI=1S/C15H19NO3S/c1-12(14-7-8-14)16(2)20(18,19)15-9-5-13(6-10-15)4-3-11-17/h5-6,9-10,12,14,17H,7-8,11H2,1-2H3. The Morgan fingerprint density at radius 2 is 1.95 bits per heavy atom. The topological polar surface area (TPSA) is 57.6 Å². The molecule has 1 N–H and O–H groups in total. The first-order valence-electron chi connectivity index (χ1n) is 6.64. The van der Waals surface area contributed by atoms with E-state index in [2.05, 4.69) is 11.8 Å². The van der Waals surface area contributed by atoms with Crippen molar-refractivity contribution in [2.45, 2.75) is 30.7 Å². The molecule has 0 radical (unpaired) electrons. The van der Waals surface area contributed by atoms with Crippen LogP contribution in [-0.2, 0) is 10.0 Å². The molecule has 1 aliphatic carbocycles. The van der Waals surface area contributed by atoms with Gasteiger partial charge in [-0.05, 0) is 49.9 Å². The van der Waals surface area contributed by atoms with E-state index in [1.807, 2.05) is 6.92 Å². The molecule has 0 saturated heterocycles. The van der Waals surface area contributed by atoms with E-state index >= 15 is 0 Å². The number of aliphatic hydroxyl groups excluding tert-OH is 1. The maximum atomic E-state index is 12.5. The maximum Gasteiger partial charge on any atom is 0.243 e. The summed E-state index contributed by atoms with van der Waals surface area (Å²) < 4.78 is 26.4. The molecule has 0 spiro atoms. The fourth-order valence-corrected chi connectivity index (χ4v) is 3.53. The second-order valence-corrected chi connectivity index (χ2v) is 7.08. The van der Waals surface area contributed by atoms with Gasteiger partial charge in [0.05, 0.1) is 4.90 Å². The summed E-state index contributed by atoms with van der Waals surface area (Å²) in [6.07, 6.45) is 2.22. The molecule has 0 amide bonds. The third kappa shape index (κ3) is 3.21. The summed E-state index contributed by atoms with van der Waals surface area (Å²) in [5, 5.41) is 8.63. The van der Waals surface area contributed by atoms with Crippen molar-refractivity contribution in [1.82, 2.24) is 4.31 Å². The van der Waals surface area contributed by atoms with Crippen LogP contribution < -0.4 is 0 Å². The highest BCUT2D eigenvalue weighted by Gasteiger charge is 2.35. The highest BCUT2D eigenvalue weighted by atomic mass is 32.2. The van der Waals surface area contributed by atoms with E-state index < -0.39 is 10.0 Å². The van der Waals surface area contributed by atoms with Crippen LogP contribution in [-0.4, -0.2) is 37.5 Å². The smallest absolute Gasteiger partial charge is 0.243 e. The minimum Gasteiger partial charge on any atom is -0.384 e. The third-order valence-corrected chi connectivity index (χ3v) is 5.68. The van der Waals surface area contributed by atoms with Crippen LogP contribution in [0.15, 0.2) is 29.2 Å². The van der Waals surface area contributed by atoms with Crippen molar-refractivity contribution in [2.24, 2.45) is 5.92 Å². The first kappa shape index (κ1) is 15.0. The predicted molar refractivity (Wildman–Crippen MR) is 77.5 cm³/mol. The number of nitrogens with zero attached hydrogens (tertiary/aromatic N) is 1. The Kier molecular flexibility index (Phi) is 4.48. The molecule has 108 valence electrons. The monoisotopic (exact) mass is 293 g/mol. The van der Waals surface area contributed by atoms with Gasteiger partial charge in [0.1, 0.15) is 6.61 Å². The van der Waals surface area contributed by atoms with E-state index in [0.717, 1.165) is 12.8 Å². The molecule has 1 aromatic rings. The van der Waals surface area contributed by atoms with Crippen LogP contribution in [0.25, 0.3) is 0 Å². The third-order valence-electron chi connectivity index (χ3n) is 3.72. The predicted octanol–water partition coefficient (Wildman–Crippen LogP) is 1.45. The molecule has 1 unspecified atom stereocenters. The Morgan fingerprint density at radius 1 is 1.35 bits per heavy atom. The average molecular weight is 293 g/mol. The summed E-state index contributed by atoms with van der Waals surface area (Å²) in [5.74, 6) is 5.77. The first-order chi connectivity index (χ1) is 9.46. The highest BCUT2D eigenvalue weighted by Crippen LogP contribution is 2.36. The number of aliphatic hydroxyl groups is 1. The summed E-state index contributed by atoms with van der Waals surface area (Å²) in [7, 11) is -1.81. The Labute approximate surface area is 120 Å². The SMILES string of the molecule is CC(C1CC1)N(C)S(=O)(=O)c1ccc(C#CCO)cc1. The van der Waals surface area contributed by atoms with Gasteiger partial charge in [0.2, 0.25) is 10.0 Å². The van der Waals surface area contributed by atoms with Gasteiger partial charge in [-0.15, -0.1) is 0 Å².